The van der Waals surface area contributed by atoms with Gasteiger partial charge < -0.3 is 9.64 Å². The number of hydrogen-bond donors (Lipinski definition) is 0. The van der Waals surface area contributed by atoms with Gasteiger partial charge in [-0.1, -0.05) is 22.9 Å². The number of hydrogen-bond acceptors (Lipinski definition) is 2. The van der Waals surface area contributed by atoms with Crippen LogP contribution in [0.25, 0.3) is 0 Å². The lowest BCUT2D eigenvalue weighted by Crippen LogP contribution is -2.45. The van der Waals surface area contributed by atoms with Gasteiger partial charge in [0.05, 0.1) is 12.0 Å². The summed E-state index contributed by atoms with van der Waals surface area (Å²) in [6, 6.07) is 0. The molecule has 88 valence electrons. The van der Waals surface area contributed by atoms with Gasteiger partial charge in [0.1, 0.15) is 0 Å². The molecule has 0 spiro atoms. The van der Waals surface area contributed by atoms with E-state index in [1.165, 1.54) is 6.42 Å². The predicted molar refractivity (Wildman–Crippen MR) is 64.2 cm³/mol. The van der Waals surface area contributed by atoms with Crippen molar-refractivity contribution >= 4 is 21.8 Å². The number of carbonyl (C=O) groups is 1. The van der Waals surface area contributed by atoms with Crippen molar-refractivity contribution in [1.82, 2.24) is 4.90 Å². The van der Waals surface area contributed by atoms with Crippen molar-refractivity contribution in [3.63, 3.8) is 0 Å². The number of carbonyl (C=O) groups excluding carboxylic acids is 1. The monoisotopic (exact) mass is 277 g/mol. The van der Waals surface area contributed by atoms with Crippen molar-refractivity contribution in [3.8, 4) is 0 Å². The average Bonchev–Trinajstić information content (AvgIpc) is 2.09. The first-order valence-corrected chi connectivity index (χ1v) is 6.34. The van der Waals surface area contributed by atoms with E-state index >= 15 is 0 Å². The Bertz CT molecular complexity index is 221. The Morgan fingerprint density at radius 2 is 2.20 bits per heavy atom. The first-order chi connectivity index (χ1) is 6.99. The molecule has 0 aromatic carbocycles. The van der Waals surface area contributed by atoms with E-state index in [1.54, 1.807) is 12.0 Å². The largest absolute Gasteiger partial charge is 0.378 e. The molecule has 0 N–H and O–H groups in total. The van der Waals surface area contributed by atoms with Crippen molar-refractivity contribution in [3.05, 3.63) is 0 Å². The molecule has 0 aliphatic heterocycles. The van der Waals surface area contributed by atoms with Crippen molar-refractivity contribution in [2.45, 2.75) is 43.0 Å². The van der Waals surface area contributed by atoms with Crippen molar-refractivity contribution < 1.29 is 9.53 Å². The minimum Gasteiger partial charge on any atom is -0.378 e. The van der Waals surface area contributed by atoms with E-state index in [9.17, 15) is 4.79 Å². The highest BCUT2D eigenvalue weighted by Gasteiger charge is 2.39. The molecule has 1 unspecified atom stereocenters. The molecule has 15 heavy (non-hydrogen) atoms. The third-order valence-corrected chi connectivity index (χ3v) is 3.41. The Labute approximate surface area is 100 Å². The van der Waals surface area contributed by atoms with Crippen LogP contribution in [0.1, 0.15) is 32.6 Å². The normalized spacial score (nSPS) is 20.5. The van der Waals surface area contributed by atoms with Gasteiger partial charge in [-0.05, 0) is 19.3 Å². The van der Waals surface area contributed by atoms with E-state index in [-0.39, 0.29) is 11.5 Å². The summed E-state index contributed by atoms with van der Waals surface area (Å²) in [5.74, 6) is 0.183. The van der Waals surface area contributed by atoms with Gasteiger partial charge in [-0.2, -0.15) is 0 Å². The zero-order valence-electron chi connectivity index (χ0n) is 9.75. The lowest BCUT2D eigenvalue weighted by Gasteiger charge is -2.40. The molecule has 0 bridgehead atoms. The lowest BCUT2D eigenvalue weighted by atomic mass is 9.77. The minimum atomic E-state index is -0.152. The zero-order chi connectivity index (χ0) is 11.5. The lowest BCUT2D eigenvalue weighted by molar-refractivity contribution is -0.142. The predicted octanol–water partition coefficient (Wildman–Crippen LogP) is 2.19. The fraction of sp³-hybridized carbons (Fsp3) is 0.909. The van der Waals surface area contributed by atoms with Crippen LogP contribution in [0.4, 0.5) is 0 Å². The Morgan fingerprint density at radius 1 is 1.60 bits per heavy atom. The molecule has 4 heteroatoms. The van der Waals surface area contributed by atoms with E-state index in [1.807, 2.05) is 14.0 Å². The molecule has 1 rings (SSSR count). The number of halogens is 1. The highest BCUT2D eigenvalue weighted by atomic mass is 79.9. The van der Waals surface area contributed by atoms with E-state index in [2.05, 4.69) is 15.9 Å². The third-order valence-electron chi connectivity index (χ3n) is 3.12. The summed E-state index contributed by atoms with van der Waals surface area (Å²) in [6.07, 6.45) is 3.75. The summed E-state index contributed by atoms with van der Waals surface area (Å²) in [7, 11) is 3.56. The van der Waals surface area contributed by atoms with Crippen LogP contribution in [-0.4, -0.2) is 41.9 Å². The van der Waals surface area contributed by atoms with Gasteiger partial charge in [0.25, 0.3) is 0 Å². The van der Waals surface area contributed by atoms with Gasteiger partial charge in [0.2, 0.25) is 5.91 Å². The number of ether oxygens (including phenoxy) is 1. The van der Waals surface area contributed by atoms with E-state index in [0.717, 1.165) is 19.4 Å². The van der Waals surface area contributed by atoms with Gasteiger partial charge in [0.15, 0.2) is 0 Å². The first kappa shape index (κ1) is 13.0. The van der Waals surface area contributed by atoms with Gasteiger partial charge in [-0.15, -0.1) is 0 Å². The number of rotatable bonds is 5. The molecule has 0 aromatic rings. The molecule has 1 aliphatic rings. The van der Waals surface area contributed by atoms with Crippen LogP contribution in [0, 0.1) is 0 Å². The third kappa shape index (κ3) is 3.45. The number of nitrogens with zero attached hydrogens (tertiary/aromatic N) is 1. The fourth-order valence-electron chi connectivity index (χ4n) is 1.91. The van der Waals surface area contributed by atoms with Crippen LogP contribution in [0.2, 0.25) is 0 Å². The van der Waals surface area contributed by atoms with Crippen molar-refractivity contribution in [2.24, 2.45) is 0 Å². The molecule has 1 aliphatic carbocycles. The van der Waals surface area contributed by atoms with Crippen molar-refractivity contribution in [2.75, 3.05) is 20.7 Å². The van der Waals surface area contributed by atoms with E-state index < -0.39 is 0 Å². The Hall–Kier alpha value is -0.0900. The summed E-state index contributed by atoms with van der Waals surface area (Å²) in [5, 5.41) is 0. The molecule has 1 amide bonds. The molecule has 0 aromatic heterocycles. The van der Waals surface area contributed by atoms with Crippen LogP contribution < -0.4 is 0 Å². The molecule has 0 radical (unpaired) electrons. The minimum absolute atomic E-state index is 0.152. The van der Waals surface area contributed by atoms with Crippen molar-refractivity contribution in [1.29, 1.82) is 0 Å². The fourth-order valence-corrected chi connectivity index (χ4v) is 2.35. The van der Waals surface area contributed by atoms with Crippen LogP contribution in [0.3, 0.4) is 0 Å². The molecule has 1 fully saturated rings. The molecule has 3 nitrogen and oxygen atoms in total. The maximum atomic E-state index is 11.9. The maximum Gasteiger partial charge on any atom is 0.225 e. The summed E-state index contributed by atoms with van der Waals surface area (Å²) >= 11 is 3.45. The summed E-state index contributed by atoms with van der Waals surface area (Å²) in [4.78, 5) is 14.0. The maximum absolute atomic E-state index is 11.9. The highest BCUT2D eigenvalue weighted by Crippen LogP contribution is 2.38. The standard InChI is InChI=1S/C11H20BrNO2/c1-9(12)8-13(2)10(14)7-11(15-3)5-4-6-11/h9H,4-8H2,1-3H3. The van der Waals surface area contributed by atoms with Crippen LogP contribution >= 0.6 is 15.9 Å². The first-order valence-electron chi connectivity index (χ1n) is 5.42. The van der Waals surface area contributed by atoms with Gasteiger partial charge >= 0.3 is 0 Å². The second-order valence-electron chi connectivity index (χ2n) is 4.47. The number of amides is 1. The number of methoxy groups -OCH3 is 1. The quantitative estimate of drug-likeness (QED) is 0.721. The summed E-state index contributed by atoms with van der Waals surface area (Å²) in [6.45, 7) is 2.79. The zero-order valence-corrected chi connectivity index (χ0v) is 11.3. The van der Waals surface area contributed by atoms with E-state index in [4.69, 9.17) is 4.74 Å². The molecular weight excluding hydrogens is 258 g/mol. The topological polar surface area (TPSA) is 29.5 Å². The smallest absolute Gasteiger partial charge is 0.225 e. The molecule has 0 heterocycles. The Kier molecular flexibility index (Phi) is 4.59. The molecular formula is C11H20BrNO2. The SMILES string of the molecule is COC1(CC(=O)N(C)CC(C)Br)CCC1. The average molecular weight is 278 g/mol. The Morgan fingerprint density at radius 3 is 2.53 bits per heavy atom. The second kappa shape index (κ2) is 5.30. The molecule has 1 saturated carbocycles. The van der Waals surface area contributed by atoms with Crippen LogP contribution in [-0.2, 0) is 9.53 Å². The summed E-state index contributed by atoms with van der Waals surface area (Å²) < 4.78 is 5.44. The molecule has 1 atom stereocenters. The summed E-state index contributed by atoms with van der Waals surface area (Å²) in [5.41, 5.74) is -0.152. The Balaban J connectivity index is 2.40. The van der Waals surface area contributed by atoms with Crippen LogP contribution in [0.15, 0.2) is 0 Å². The second-order valence-corrected chi connectivity index (χ2v) is 6.04. The van der Waals surface area contributed by atoms with Gasteiger partial charge in [-0.25, -0.2) is 0 Å². The van der Waals surface area contributed by atoms with Gasteiger partial charge in [-0.3, -0.25) is 4.79 Å². The number of alkyl halides is 1. The van der Waals surface area contributed by atoms with E-state index in [0.29, 0.717) is 11.2 Å². The highest BCUT2D eigenvalue weighted by molar-refractivity contribution is 9.09. The van der Waals surface area contributed by atoms with Crippen LogP contribution in [0.5, 0.6) is 0 Å². The van der Waals surface area contributed by atoms with Gasteiger partial charge in [0, 0.05) is 25.5 Å². The molecule has 0 saturated heterocycles.